The summed E-state index contributed by atoms with van der Waals surface area (Å²) in [5.74, 6) is 1.77. The Labute approximate surface area is 160 Å². The average Bonchev–Trinajstić information content (AvgIpc) is 2.70. The van der Waals surface area contributed by atoms with Crippen molar-refractivity contribution in [1.82, 2.24) is 15.0 Å². The predicted octanol–water partition coefficient (Wildman–Crippen LogP) is 4.80. The van der Waals surface area contributed by atoms with Gasteiger partial charge in [0.1, 0.15) is 23.1 Å². The molecule has 0 bridgehead atoms. The van der Waals surface area contributed by atoms with Crippen LogP contribution in [0.15, 0.2) is 79.1 Å². The van der Waals surface area contributed by atoms with Crippen LogP contribution in [-0.2, 0) is 0 Å². The molecule has 2 aromatic carbocycles. The topological polar surface area (TPSA) is 86.0 Å². The summed E-state index contributed by atoms with van der Waals surface area (Å²) in [4.78, 5) is 12.4. The van der Waals surface area contributed by atoms with E-state index in [1.807, 2.05) is 24.3 Å². The molecular formula is C21H16FN5O. The Morgan fingerprint density at radius 2 is 1.50 bits per heavy atom. The van der Waals surface area contributed by atoms with Crippen molar-refractivity contribution < 1.29 is 9.13 Å². The van der Waals surface area contributed by atoms with Gasteiger partial charge in [0, 0.05) is 29.7 Å². The van der Waals surface area contributed by atoms with Gasteiger partial charge in [0.2, 0.25) is 5.95 Å². The number of ether oxygens (including phenoxy) is 1. The molecular weight excluding hydrogens is 357 g/mol. The molecule has 138 valence electrons. The lowest BCUT2D eigenvalue weighted by Gasteiger charge is -2.10. The summed E-state index contributed by atoms with van der Waals surface area (Å²) >= 11 is 0. The fourth-order valence-corrected chi connectivity index (χ4v) is 2.59. The molecule has 6 nitrogen and oxygen atoms in total. The van der Waals surface area contributed by atoms with Crippen LogP contribution in [-0.4, -0.2) is 15.0 Å². The van der Waals surface area contributed by atoms with Crippen LogP contribution < -0.4 is 15.8 Å². The monoisotopic (exact) mass is 373 g/mol. The van der Waals surface area contributed by atoms with E-state index in [2.05, 4.69) is 20.3 Å². The largest absolute Gasteiger partial charge is 0.457 e. The molecule has 2 heterocycles. The number of benzene rings is 2. The first kappa shape index (κ1) is 17.4. The summed E-state index contributed by atoms with van der Waals surface area (Å²) in [5, 5.41) is 3.19. The summed E-state index contributed by atoms with van der Waals surface area (Å²) in [5.41, 5.74) is 7.99. The molecule has 0 aliphatic rings. The van der Waals surface area contributed by atoms with Crippen molar-refractivity contribution in [3.63, 3.8) is 0 Å². The number of nitrogens with one attached hydrogen (secondary N) is 1. The summed E-state index contributed by atoms with van der Waals surface area (Å²) in [6, 6.07) is 18.8. The van der Waals surface area contributed by atoms with Gasteiger partial charge >= 0.3 is 0 Å². The Hall–Kier alpha value is -4.00. The summed E-state index contributed by atoms with van der Waals surface area (Å²) in [7, 11) is 0. The lowest BCUT2D eigenvalue weighted by molar-refractivity contribution is 0.482. The highest BCUT2D eigenvalue weighted by atomic mass is 19.1. The van der Waals surface area contributed by atoms with Crippen LogP contribution in [0.3, 0.4) is 0 Å². The molecule has 0 aliphatic carbocycles. The molecule has 0 radical (unpaired) electrons. The Kier molecular flexibility index (Phi) is 4.79. The zero-order valence-corrected chi connectivity index (χ0v) is 14.7. The van der Waals surface area contributed by atoms with Gasteiger partial charge in [-0.3, -0.25) is 4.98 Å². The van der Waals surface area contributed by atoms with Gasteiger partial charge in [-0.2, -0.15) is 4.98 Å². The third-order valence-electron chi connectivity index (χ3n) is 3.90. The predicted molar refractivity (Wildman–Crippen MR) is 106 cm³/mol. The zero-order chi connectivity index (χ0) is 19.3. The molecule has 0 saturated heterocycles. The van der Waals surface area contributed by atoms with Crippen molar-refractivity contribution in [2.45, 2.75) is 0 Å². The molecule has 4 aromatic rings. The van der Waals surface area contributed by atoms with E-state index in [0.717, 1.165) is 11.3 Å². The van der Waals surface area contributed by atoms with Crippen molar-refractivity contribution in [3.8, 4) is 22.8 Å². The third kappa shape index (κ3) is 4.21. The molecule has 3 N–H and O–H groups in total. The number of hydrogen-bond acceptors (Lipinski definition) is 6. The maximum atomic E-state index is 13.1. The standard InChI is InChI=1S/C21H16FN5O/c22-15-3-1-14(2-4-15)19-13-20(27-21(23)26-19)25-16-5-7-17(8-6-16)28-18-9-11-24-12-10-18/h1-13H,(H3,23,25,26,27). The van der Waals surface area contributed by atoms with Crippen molar-refractivity contribution in [2.75, 3.05) is 11.1 Å². The summed E-state index contributed by atoms with van der Waals surface area (Å²) < 4.78 is 18.9. The number of halogens is 1. The van der Waals surface area contributed by atoms with E-state index in [-0.39, 0.29) is 11.8 Å². The normalized spacial score (nSPS) is 10.5. The molecule has 2 aromatic heterocycles. The van der Waals surface area contributed by atoms with E-state index >= 15 is 0 Å². The van der Waals surface area contributed by atoms with E-state index < -0.39 is 0 Å². The number of nitrogens with two attached hydrogens (primary N) is 1. The van der Waals surface area contributed by atoms with Crippen LogP contribution in [0.4, 0.5) is 21.8 Å². The molecule has 0 fully saturated rings. The Morgan fingerprint density at radius 3 is 2.21 bits per heavy atom. The van der Waals surface area contributed by atoms with Gasteiger partial charge in [0.15, 0.2) is 0 Å². The molecule has 7 heteroatoms. The molecule has 0 aliphatic heterocycles. The minimum Gasteiger partial charge on any atom is -0.457 e. The molecule has 0 amide bonds. The molecule has 0 saturated carbocycles. The van der Waals surface area contributed by atoms with Gasteiger partial charge in [-0.25, -0.2) is 9.37 Å². The first-order valence-electron chi connectivity index (χ1n) is 8.51. The third-order valence-corrected chi connectivity index (χ3v) is 3.90. The maximum Gasteiger partial charge on any atom is 0.222 e. The molecule has 0 atom stereocenters. The summed E-state index contributed by atoms with van der Waals surface area (Å²) in [6.45, 7) is 0. The summed E-state index contributed by atoms with van der Waals surface area (Å²) in [6.07, 6.45) is 3.34. The van der Waals surface area contributed by atoms with Crippen molar-refractivity contribution in [1.29, 1.82) is 0 Å². The van der Waals surface area contributed by atoms with Crippen LogP contribution in [0.1, 0.15) is 0 Å². The second kappa shape index (κ2) is 7.71. The molecule has 28 heavy (non-hydrogen) atoms. The quantitative estimate of drug-likeness (QED) is 0.523. The van der Waals surface area contributed by atoms with Gasteiger partial charge in [-0.1, -0.05) is 0 Å². The van der Waals surface area contributed by atoms with E-state index in [1.54, 1.807) is 42.7 Å². The van der Waals surface area contributed by atoms with Gasteiger partial charge < -0.3 is 15.8 Å². The first-order valence-corrected chi connectivity index (χ1v) is 8.51. The van der Waals surface area contributed by atoms with Crippen LogP contribution in [0.25, 0.3) is 11.3 Å². The zero-order valence-electron chi connectivity index (χ0n) is 14.7. The fourth-order valence-electron chi connectivity index (χ4n) is 2.59. The highest BCUT2D eigenvalue weighted by molar-refractivity contribution is 5.67. The lowest BCUT2D eigenvalue weighted by Crippen LogP contribution is -2.01. The molecule has 4 rings (SSSR count). The smallest absolute Gasteiger partial charge is 0.222 e. The molecule has 0 spiro atoms. The number of nitrogens with zero attached hydrogens (tertiary/aromatic N) is 3. The van der Waals surface area contributed by atoms with Crippen molar-refractivity contribution in [3.05, 3.63) is 84.9 Å². The van der Waals surface area contributed by atoms with E-state index in [1.165, 1.54) is 12.1 Å². The lowest BCUT2D eigenvalue weighted by atomic mass is 10.1. The number of pyridine rings is 1. The SMILES string of the molecule is Nc1nc(Nc2ccc(Oc3ccncc3)cc2)cc(-c2ccc(F)cc2)n1. The van der Waals surface area contributed by atoms with Crippen molar-refractivity contribution in [2.24, 2.45) is 0 Å². The number of anilines is 3. The van der Waals surface area contributed by atoms with Gasteiger partial charge in [-0.15, -0.1) is 0 Å². The molecule has 0 unspecified atom stereocenters. The first-order chi connectivity index (χ1) is 13.7. The van der Waals surface area contributed by atoms with Gasteiger partial charge in [0.25, 0.3) is 0 Å². The number of rotatable bonds is 5. The Morgan fingerprint density at radius 1 is 0.821 bits per heavy atom. The highest BCUT2D eigenvalue weighted by Crippen LogP contribution is 2.26. The number of aromatic nitrogens is 3. The van der Waals surface area contributed by atoms with Crippen LogP contribution in [0.5, 0.6) is 11.5 Å². The van der Waals surface area contributed by atoms with E-state index in [9.17, 15) is 4.39 Å². The maximum absolute atomic E-state index is 13.1. The van der Waals surface area contributed by atoms with E-state index in [4.69, 9.17) is 10.5 Å². The number of nitrogen functional groups attached to an aromatic ring is 1. The minimum atomic E-state index is -0.307. The minimum absolute atomic E-state index is 0.127. The Balaban J connectivity index is 1.51. The fraction of sp³-hybridized carbons (Fsp3) is 0. The van der Waals surface area contributed by atoms with Gasteiger partial charge in [0.05, 0.1) is 5.69 Å². The highest BCUT2D eigenvalue weighted by Gasteiger charge is 2.06. The van der Waals surface area contributed by atoms with Crippen LogP contribution in [0, 0.1) is 5.82 Å². The van der Waals surface area contributed by atoms with E-state index in [0.29, 0.717) is 23.0 Å². The van der Waals surface area contributed by atoms with Crippen molar-refractivity contribution >= 4 is 17.5 Å². The second-order valence-corrected chi connectivity index (χ2v) is 5.94. The van der Waals surface area contributed by atoms with Crippen LogP contribution >= 0.6 is 0 Å². The number of hydrogen-bond donors (Lipinski definition) is 2. The Bertz CT molecular complexity index is 1070. The second-order valence-electron chi connectivity index (χ2n) is 5.94. The van der Waals surface area contributed by atoms with Gasteiger partial charge in [-0.05, 0) is 60.7 Å². The average molecular weight is 373 g/mol. The van der Waals surface area contributed by atoms with Crippen LogP contribution in [0.2, 0.25) is 0 Å².